The minimum atomic E-state index is -0.363. The van der Waals surface area contributed by atoms with E-state index in [4.69, 9.17) is 9.47 Å². The van der Waals surface area contributed by atoms with Crippen LogP contribution in [0.1, 0.15) is 58.8 Å². The molecule has 0 aliphatic carbocycles. The number of hydrogen-bond donors (Lipinski definition) is 0. The zero-order valence-electron chi connectivity index (χ0n) is 12.2. The molecule has 0 aromatic heterocycles. The van der Waals surface area contributed by atoms with Gasteiger partial charge < -0.3 is 9.47 Å². The van der Waals surface area contributed by atoms with Crippen molar-refractivity contribution >= 4 is 11.9 Å². The molecule has 4 heteroatoms. The van der Waals surface area contributed by atoms with Gasteiger partial charge >= 0.3 is 11.9 Å². The molecule has 19 heavy (non-hydrogen) atoms. The van der Waals surface area contributed by atoms with Crippen LogP contribution in [0.4, 0.5) is 0 Å². The van der Waals surface area contributed by atoms with Crippen LogP contribution in [0.25, 0.3) is 0 Å². The SMILES string of the molecule is C=CCCOC(=O)CCC(=O)OC(C)CCCCC. The van der Waals surface area contributed by atoms with Crippen LogP contribution >= 0.6 is 0 Å². The number of rotatable bonds is 11. The lowest BCUT2D eigenvalue weighted by molar-refractivity contribution is -0.153. The molecule has 110 valence electrons. The summed E-state index contributed by atoms with van der Waals surface area (Å²) in [7, 11) is 0. The fourth-order valence-corrected chi connectivity index (χ4v) is 1.56. The summed E-state index contributed by atoms with van der Waals surface area (Å²) in [6.45, 7) is 7.87. The molecule has 0 radical (unpaired) electrons. The summed E-state index contributed by atoms with van der Waals surface area (Å²) in [6, 6.07) is 0. The maximum atomic E-state index is 11.5. The van der Waals surface area contributed by atoms with Crippen molar-refractivity contribution in [3.8, 4) is 0 Å². The van der Waals surface area contributed by atoms with E-state index in [1.165, 1.54) is 0 Å². The fraction of sp³-hybridized carbons (Fsp3) is 0.733. The van der Waals surface area contributed by atoms with Gasteiger partial charge in [0.25, 0.3) is 0 Å². The summed E-state index contributed by atoms with van der Waals surface area (Å²) in [5, 5.41) is 0. The summed E-state index contributed by atoms with van der Waals surface area (Å²) in [4.78, 5) is 22.7. The van der Waals surface area contributed by atoms with Gasteiger partial charge in [-0.05, 0) is 26.2 Å². The zero-order chi connectivity index (χ0) is 14.5. The van der Waals surface area contributed by atoms with Crippen LogP contribution in [-0.4, -0.2) is 24.6 Å². The second kappa shape index (κ2) is 11.8. The Bertz CT molecular complexity index is 273. The van der Waals surface area contributed by atoms with Crippen LogP contribution in [-0.2, 0) is 19.1 Å². The summed E-state index contributed by atoms with van der Waals surface area (Å²) in [5.41, 5.74) is 0. The first-order chi connectivity index (χ1) is 9.10. The molecule has 1 unspecified atom stereocenters. The van der Waals surface area contributed by atoms with Crippen molar-refractivity contribution in [3.05, 3.63) is 12.7 Å². The highest BCUT2D eigenvalue weighted by molar-refractivity contribution is 5.77. The van der Waals surface area contributed by atoms with Crippen LogP contribution in [0.3, 0.4) is 0 Å². The quantitative estimate of drug-likeness (QED) is 0.328. The molecule has 0 rings (SSSR count). The third kappa shape index (κ3) is 11.5. The van der Waals surface area contributed by atoms with Crippen molar-refractivity contribution < 1.29 is 19.1 Å². The molecule has 0 heterocycles. The first-order valence-electron chi connectivity index (χ1n) is 7.06. The van der Waals surface area contributed by atoms with Gasteiger partial charge in [-0.1, -0.05) is 25.8 Å². The number of unbranched alkanes of at least 4 members (excludes halogenated alkanes) is 2. The first-order valence-corrected chi connectivity index (χ1v) is 7.06. The number of ether oxygens (including phenoxy) is 2. The number of esters is 2. The molecule has 0 aliphatic heterocycles. The molecule has 0 spiro atoms. The molecule has 4 nitrogen and oxygen atoms in total. The van der Waals surface area contributed by atoms with Gasteiger partial charge in [0.2, 0.25) is 0 Å². The van der Waals surface area contributed by atoms with Gasteiger partial charge in [0.05, 0.1) is 25.6 Å². The molecule has 0 bridgehead atoms. The highest BCUT2D eigenvalue weighted by Gasteiger charge is 2.12. The Morgan fingerprint density at radius 1 is 1.21 bits per heavy atom. The van der Waals surface area contributed by atoms with Crippen LogP contribution in [0.2, 0.25) is 0 Å². The Morgan fingerprint density at radius 3 is 2.53 bits per heavy atom. The number of hydrogen-bond acceptors (Lipinski definition) is 4. The van der Waals surface area contributed by atoms with Crippen LogP contribution in [0.15, 0.2) is 12.7 Å². The number of carbonyl (C=O) groups is 2. The molecule has 0 amide bonds. The van der Waals surface area contributed by atoms with Gasteiger partial charge in [-0.25, -0.2) is 0 Å². The third-order valence-corrected chi connectivity index (χ3v) is 2.67. The molecule has 0 N–H and O–H groups in total. The molecule has 0 saturated heterocycles. The van der Waals surface area contributed by atoms with Crippen molar-refractivity contribution in [2.45, 2.75) is 64.9 Å². The van der Waals surface area contributed by atoms with Crippen LogP contribution < -0.4 is 0 Å². The number of carbonyl (C=O) groups excluding carboxylic acids is 2. The van der Waals surface area contributed by atoms with E-state index < -0.39 is 0 Å². The van der Waals surface area contributed by atoms with E-state index in [1.807, 2.05) is 6.92 Å². The summed E-state index contributed by atoms with van der Waals surface area (Å²) in [5.74, 6) is -0.692. The average molecular weight is 270 g/mol. The Hall–Kier alpha value is -1.32. The van der Waals surface area contributed by atoms with E-state index >= 15 is 0 Å². The van der Waals surface area contributed by atoms with E-state index in [0.717, 1.165) is 25.7 Å². The highest BCUT2D eigenvalue weighted by Crippen LogP contribution is 2.08. The van der Waals surface area contributed by atoms with E-state index in [2.05, 4.69) is 13.5 Å². The molecule has 0 aromatic carbocycles. The lowest BCUT2D eigenvalue weighted by Gasteiger charge is -2.12. The Kier molecular flexibility index (Phi) is 10.9. The summed E-state index contributed by atoms with van der Waals surface area (Å²) < 4.78 is 10.1. The molecular weight excluding hydrogens is 244 g/mol. The largest absolute Gasteiger partial charge is 0.465 e. The highest BCUT2D eigenvalue weighted by atomic mass is 16.5. The van der Waals surface area contributed by atoms with Crippen LogP contribution in [0.5, 0.6) is 0 Å². The normalized spacial score (nSPS) is 11.7. The Balaban J connectivity index is 3.62. The molecular formula is C15H26O4. The smallest absolute Gasteiger partial charge is 0.306 e. The molecule has 0 fully saturated rings. The zero-order valence-corrected chi connectivity index (χ0v) is 12.2. The Labute approximate surface area is 116 Å². The average Bonchev–Trinajstić information content (AvgIpc) is 2.37. The van der Waals surface area contributed by atoms with E-state index in [1.54, 1.807) is 6.08 Å². The van der Waals surface area contributed by atoms with Crippen molar-refractivity contribution in [2.24, 2.45) is 0 Å². The van der Waals surface area contributed by atoms with E-state index in [9.17, 15) is 9.59 Å². The minimum Gasteiger partial charge on any atom is -0.465 e. The standard InChI is InChI=1S/C15H26O4/c1-4-6-8-9-13(3)19-15(17)11-10-14(16)18-12-7-5-2/h5,13H,2,4,6-12H2,1,3H3. The van der Waals surface area contributed by atoms with Crippen molar-refractivity contribution in [1.82, 2.24) is 0 Å². The third-order valence-electron chi connectivity index (χ3n) is 2.67. The minimum absolute atomic E-state index is 0.0733. The predicted molar refractivity (Wildman–Crippen MR) is 74.7 cm³/mol. The monoisotopic (exact) mass is 270 g/mol. The maximum absolute atomic E-state index is 11.5. The molecule has 1 atom stereocenters. The van der Waals surface area contributed by atoms with Crippen molar-refractivity contribution in [3.63, 3.8) is 0 Å². The van der Waals surface area contributed by atoms with Gasteiger partial charge in [-0.15, -0.1) is 6.58 Å². The van der Waals surface area contributed by atoms with Gasteiger partial charge in [-0.3, -0.25) is 9.59 Å². The van der Waals surface area contributed by atoms with E-state index in [0.29, 0.717) is 13.0 Å². The lowest BCUT2D eigenvalue weighted by atomic mass is 10.1. The summed E-state index contributed by atoms with van der Waals surface area (Å²) >= 11 is 0. The van der Waals surface area contributed by atoms with Crippen molar-refractivity contribution in [2.75, 3.05) is 6.61 Å². The van der Waals surface area contributed by atoms with Gasteiger partial charge in [0.15, 0.2) is 0 Å². The topological polar surface area (TPSA) is 52.6 Å². The Morgan fingerprint density at radius 2 is 1.89 bits per heavy atom. The fourth-order valence-electron chi connectivity index (χ4n) is 1.56. The molecule has 0 aromatic rings. The van der Waals surface area contributed by atoms with E-state index in [-0.39, 0.29) is 30.9 Å². The lowest BCUT2D eigenvalue weighted by Crippen LogP contribution is -2.16. The van der Waals surface area contributed by atoms with Gasteiger partial charge in [0, 0.05) is 0 Å². The first kappa shape index (κ1) is 17.7. The molecule has 0 aliphatic rings. The van der Waals surface area contributed by atoms with Crippen molar-refractivity contribution in [1.29, 1.82) is 0 Å². The summed E-state index contributed by atoms with van der Waals surface area (Å²) in [6.07, 6.45) is 6.65. The van der Waals surface area contributed by atoms with Crippen LogP contribution in [0, 0.1) is 0 Å². The van der Waals surface area contributed by atoms with Gasteiger partial charge in [0.1, 0.15) is 0 Å². The second-order valence-electron chi connectivity index (χ2n) is 4.59. The second-order valence-corrected chi connectivity index (χ2v) is 4.59. The molecule has 0 saturated carbocycles. The maximum Gasteiger partial charge on any atom is 0.306 e. The van der Waals surface area contributed by atoms with Gasteiger partial charge in [-0.2, -0.15) is 0 Å². The predicted octanol–water partition coefficient (Wildman–Crippen LogP) is 3.40.